The van der Waals surface area contributed by atoms with Gasteiger partial charge in [0, 0.05) is 32.9 Å². The number of hydrogen-bond donors (Lipinski definition) is 0. The van der Waals surface area contributed by atoms with E-state index in [1.807, 2.05) is 0 Å². The van der Waals surface area contributed by atoms with Crippen LogP contribution in [0.15, 0.2) is 182 Å². The van der Waals surface area contributed by atoms with Crippen LogP contribution in [0.2, 0.25) is 0 Å². The molecule has 8 aromatic carbocycles. The van der Waals surface area contributed by atoms with Gasteiger partial charge in [0.25, 0.3) is 0 Å². The van der Waals surface area contributed by atoms with Crippen LogP contribution in [-0.4, -0.2) is 9.13 Å². The van der Waals surface area contributed by atoms with Crippen molar-refractivity contribution < 1.29 is 0 Å². The van der Waals surface area contributed by atoms with Gasteiger partial charge >= 0.3 is 0 Å². The minimum atomic E-state index is 1.15. The molecule has 2 heteroatoms. The lowest BCUT2D eigenvalue weighted by Crippen LogP contribution is -1.96. The third kappa shape index (κ3) is 4.06. The van der Waals surface area contributed by atoms with Crippen molar-refractivity contribution in [3.63, 3.8) is 0 Å². The van der Waals surface area contributed by atoms with Gasteiger partial charge in [-0.15, -0.1) is 0 Å². The first-order chi connectivity index (χ1) is 23.8. The maximum absolute atomic E-state index is 2.48. The Balaban J connectivity index is 1.36. The van der Waals surface area contributed by atoms with Gasteiger partial charge in [-0.3, -0.25) is 0 Å². The largest absolute Gasteiger partial charge is 0.309 e. The minimum absolute atomic E-state index is 1.15. The van der Waals surface area contributed by atoms with E-state index in [9.17, 15) is 0 Å². The van der Waals surface area contributed by atoms with Crippen LogP contribution < -0.4 is 0 Å². The monoisotopic (exact) mass is 610 g/mol. The van der Waals surface area contributed by atoms with Crippen LogP contribution in [0.25, 0.3) is 88.0 Å². The van der Waals surface area contributed by atoms with Crippen LogP contribution in [0.4, 0.5) is 0 Å². The number of rotatable bonds is 4. The Labute approximate surface area is 278 Å². The molecule has 0 saturated carbocycles. The Kier molecular flexibility index (Phi) is 5.91. The molecular weight excluding hydrogens is 581 g/mol. The predicted octanol–water partition coefficient (Wildman–Crippen LogP) is 12.4. The van der Waals surface area contributed by atoms with Gasteiger partial charge in [0.05, 0.1) is 22.1 Å². The van der Waals surface area contributed by atoms with Crippen molar-refractivity contribution in [2.75, 3.05) is 0 Å². The summed E-state index contributed by atoms with van der Waals surface area (Å²) in [5.74, 6) is 0. The summed E-state index contributed by atoms with van der Waals surface area (Å²) in [6.07, 6.45) is 0. The van der Waals surface area contributed by atoms with Gasteiger partial charge in [-0.2, -0.15) is 0 Å². The van der Waals surface area contributed by atoms with Gasteiger partial charge in [0.1, 0.15) is 0 Å². The van der Waals surface area contributed by atoms with Crippen LogP contribution in [0, 0.1) is 0 Å². The summed E-state index contributed by atoms with van der Waals surface area (Å²) in [6.45, 7) is 0. The van der Waals surface area contributed by atoms with Gasteiger partial charge in [0.15, 0.2) is 0 Å². The Morgan fingerprint density at radius 3 is 1.56 bits per heavy atom. The molecular formula is C46H30N2. The molecule has 0 fully saturated rings. The molecule has 0 atom stereocenters. The fraction of sp³-hybridized carbons (Fsp3) is 0. The number of fused-ring (bicyclic) bond motifs is 8. The van der Waals surface area contributed by atoms with E-state index in [2.05, 4.69) is 191 Å². The van der Waals surface area contributed by atoms with Gasteiger partial charge in [0.2, 0.25) is 0 Å². The topological polar surface area (TPSA) is 9.86 Å². The van der Waals surface area contributed by atoms with E-state index in [1.54, 1.807) is 0 Å². The van der Waals surface area contributed by atoms with E-state index >= 15 is 0 Å². The molecule has 10 rings (SSSR count). The zero-order valence-corrected chi connectivity index (χ0v) is 26.2. The molecule has 0 N–H and O–H groups in total. The number of nitrogens with zero attached hydrogens (tertiary/aromatic N) is 2. The van der Waals surface area contributed by atoms with Crippen LogP contribution in [-0.2, 0) is 0 Å². The average molecular weight is 611 g/mol. The van der Waals surface area contributed by atoms with E-state index in [0.29, 0.717) is 0 Å². The standard InChI is InChI=1S/C46H30N2/c1-4-14-31(15-5-1)35-26-36(32-16-6-2-7-17-32)28-38(27-35)47-42-23-13-12-22-40(42)45-43(47)25-24-39-41-29-33-18-10-11-19-34(33)30-44(41)48(46(39)45)37-20-8-3-9-21-37/h1-30H. The highest BCUT2D eigenvalue weighted by atomic mass is 15.0. The molecule has 0 saturated heterocycles. The normalized spacial score (nSPS) is 11.8. The highest BCUT2D eigenvalue weighted by molar-refractivity contribution is 6.27. The van der Waals surface area contributed by atoms with Gasteiger partial charge in [-0.05, 0) is 87.6 Å². The van der Waals surface area contributed by atoms with E-state index in [1.165, 1.54) is 76.6 Å². The van der Waals surface area contributed by atoms with E-state index in [-0.39, 0.29) is 0 Å². The summed E-state index contributed by atoms with van der Waals surface area (Å²) in [4.78, 5) is 0. The fourth-order valence-electron chi connectivity index (χ4n) is 7.70. The molecule has 2 heterocycles. The van der Waals surface area contributed by atoms with Crippen LogP contribution >= 0.6 is 0 Å². The highest BCUT2D eigenvalue weighted by Crippen LogP contribution is 2.43. The lowest BCUT2D eigenvalue weighted by atomic mass is 9.98. The molecule has 224 valence electrons. The van der Waals surface area contributed by atoms with Crippen molar-refractivity contribution in [1.82, 2.24) is 9.13 Å². The van der Waals surface area contributed by atoms with Crippen molar-refractivity contribution in [3.8, 4) is 33.6 Å². The summed E-state index contributed by atoms with van der Waals surface area (Å²) in [6, 6.07) is 66.2. The van der Waals surface area contributed by atoms with Gasteiger partial charge in [-0.25, -0.2) is 0 Å². The quantitative estimate of drug-likeness (QED) is 0.188. The Morgan fingerprint density at radius 1 is 0.292 bits per heavy atom. The number of aromatic nitrogens is 2. The predicted molar refractivity (Wildman–Crippen MR) is 203 cm³/mol. The number of benzene rings is 8. The summed E-state index contributed by atoms with van der Waals surface area (Å²) in [5.41, 5.74) is 12.0. The fourth-order valence-corrected chi connectivity index (χ4v) is 7.70. The summed E-state index contributed by atoms with van der Waals surface area (Å²) in [5, 5.41) is 7.54. The van der Waals surface area contributed by atoms with Crippen LogP contribution in [0.5, 0.6) is 0 Å². The average Bonchev–Trinajstić information content (AvgIpc) is 3.67. The van der Waals surface area contributed by atoms with E-state index in [0.717, 1.165) is 11.4 Å². The zero-order valence-electron chi connectivity index (χ0n) is 26.2. The van der Waals surface area contributed by atoms with Crippen molar-refractivity contribution >= 4 is 54.4 Å². The van der Waals surface area contributed by atoms with Gasteiger partial charge in [-0.1, -0.05) is 127 Å². The Bertz CT molecular complexity index is 2750. The molecule has 48 heavy (non-hydrogen) atoms. The molecule has 0 spiro atoms. The molecule has 2 aromatic heterocycles. The lowest BCUT2D eigenvalue weighted by Gasteiger charge is -2.14. The van der Waals surface area contributed by atoms with Crippen molar-refractivity contribution in [2.24, 2.45) is 0 Å². The first-order valence-corrected chi connectivity index (χ1v) is 16.5. The van der Waals surface area contributed by atoms with E-state index < -0.39 is 0 Å². The summed E-state index contributed by atoms with van der Waals surface area (Å²) < 4.78 is 4.94. The van der Waals surface area contributed by atoms with Crippen molar-refractivity contribution in [3.05, 3.63) is 182 Å². The summed E-state index contributed by atoms with van der Waals surface area (Å²) >= 11 is 0. The molecule has 0 radical (unpaired) electrons. The molecule has 0 amide bonds. The maximum Gasteiger partial charge on any atom is 0.0641 e. The number of para-hydroxylation sites is 2. The third-order valence-corrected chi connectivity index (χ3v) is 9.83. The molecule has 0 aliphatic heterocycles. The van der Waals surface area contributed by atoms with Crippen LogP contribution in [0.3, 0.4) is 0 Å². The second-order valence-electron chi connectivity index (χ2n) is 12.6. The second-order valence-corrected chi connectivity index (χ2v) is 12.6. The smallest absolute Gasteiger partial charge is 0.0641 e. The molecule has 0 unspecified atom stereocenters. The van der Waals surface area contributed by atoms with Crippen molar-refractivity contribution in [2.45, 2.75) is 0 Å². The molecule has 0 aliphatic rings. The molecule has 0 bridgehead atoms. The molecule has 0 aliphatic carbocycles. The molecule has 2 nitrogen and oxygen atoms in total. The lowest BCUT2D eigenvalue weighted by molar-refractivity contribution is 1.17. The SMILES string of the molecule is c1ccc(-c2cc(-c3ccccc3)cc(-n3c4ccccc4c4c3ccc3c5cc6ccccc6cc5n(-c5ccccc5)c34)c2)cc1. The molecule has 10 aromatic rings. The summed E-state index contributed by atoms with van der Waals surface area (Å²) in [7, 11) is 0. The van der Waals surface area contributed by atoms with Gasteiger partial charge < -0.3 is 9.13 Å². The Hall–Kier alpha value is -6.38. The number of hydrogen-bond acceptors (Lipinski definition) is 0. The second kappa shape index (κ2) is 10.6. The van der Waals surface area contributed by atoms with Crippen molar-refractivity contribution in [1.29, 1.82) is 0 Å². The van der Waals surface area contributed by atoms with E-state index in [4.69, 9.17) is 0 Å². The third-order valence-electron chi connectivity index (χ3n) is 9.83. The maximum atomic E-state index is 2.48. The first kappa shape index (κ1) is 26.8. The Morgan fingerprint density at radius 2 is 0.875 bits per heavy atom. The highest BCUT2D eigenvalue weighted by Gasteiger charge is 2.21. The zero-order chi connectivity index (χ0) is 31.6. The van der Waals surface area contributed by atoms with Crippen LogP contribution in [0.1, 0.15) is 0 Å². The minimum Gasteiger partial charge on any atom is -0.309 e. The first-order valence-electron chi connectivity index (χ1n) is 16.5.